The summed E-state index contributed by atoms with van der Waals surface area (Å²) >= 11 is 0. The molecule has 5 unspecified atom stereocenters. The Hall–Kier alpha value is -0.0400. The number of rotatable bonds is 1. The lowest BCUT2D eigenvalue weighted by atomic mass is 9.59. The highest BCUT2D eigenvalue weighted by Crippen LogP contribution is 2.48. The van der Waals surface area contributed by atoms with Crippen LogP contribution in [0.15, 0.2) is 0 Å². The van der Waals surface area contributed by atoms with Gasteiger partial charge in [0.15, 0.2) is 0 Å². The van der Waals surface area contributed by atoms with Gasteiger partial charge in [-0.3, -0.25) is 0 Å². The fourth-order valence-electron chi connectivity index (χ4n) is 3.58. The first-order valence-corrected chi connectivity index (χ1v) is 7.62. The van der Waals surface area contributed by atoms with Crippen LogP contribution in [0.1, 0.15) is 68.2 Å². The van der Waals surface area contributed by atoms with Gasteiger partial charge in [-0.2, -0.15) is 0 Å². The van der Waals surface area contributed by atoms with Crippen LogP contribution in [0.2, 0.25) is 0 Å². The van der Waals surface area contributed by atoms with Gasteiger partial charge in [-0.25, -0.2) is 0 Å². The molecule has 1 heteroatoms. The molecule has 0 aromatic carbocycles. The lowest BCUT2D eigenvalue weighted by Crippen LogP contribution is -2.47. The summed E-state index contributed by atoms with van der Waals surface area (Å²) in [6, 6.07) is 0. The Morgan fingerprint density at radius 2 is 1.50 bits per heavy atom. The lowest BCUT2D eigenvalue weighted by molar-refractivity contribution is -0.0787. The van der Waals surface area contributed by atoms with E-state index in [1.54, 1.807) is 0 Å². The van der Waals surface area contributed by atoms with E-state index in [-0.39, 0.29) is 16.9 Å². The van der Waals surface area contributed by atoms with Crippen molar-refractivity contribution in [2.24, 2.45) is 34.5 Å². The molecule has 0 aromatic heterocycles. The average Bonchev–Trinajstić information content (AvgIpc) is 2.17. The zero-order valence-corrected chi connectivity index (χ0v) is 13.7. The highest BCUT2D eigenvalue weighted by molar-refractivity contribution is 4.94. The van der Waals surface area contributed by atoms with Crippen molar-refractivity contribution in [1.29, 1.82) is 0 Å². The molecule has 0 aromatic rings. The quantitative estimate of drug-likeness (QED) is 0.716. The van der Waals surface area contributed by atoms with Crippen molar-refractivity contribution >= 4 is 0 Å². The van der Waals surface area contributed by atoms with Crippen LogP contribution >= 0.6 is 0 Å². The van der Waals surface area contributed by atoms with Crippen LogP contribution in [0, 0.1) is 34.5 Å². The van der Waals surface area contributed by atoms with E-state index in [1.165, 1.54) is 12.8 Å². The Bertz CT molecular complexity index is 268. The molecule has 18 heavy (non-hydrogen) atoms. The van der Waals surface area contributed by atoms with Crippen molar-refractivity contribution in [2.45, 2.75) is 74.3 Å². The largest absolute Gasteiger partial charge is 0.393 e. The Labute approximate surface area is 114 Å². The summed E-state index contributed by atoms with van der Waals surface area (Å²) in [5, 5.41) is 10.8. The van der Waals surface area contributed by atoms with Crippen LogP contribution in [-0.2, 0) is 0 Å². The molecule has 1 N–H and O–H groups in total. The number of aliphatic hydroxyl groups excluding tert-OH is 1. The highest BCUT2D eigenvalue weighted by atomic mass is 16.3. The van der Waals surface area contributed by atoms with Gasteiger partial charge in [-0.1, -0.05) is 55.4 Å². The molecule has 0 radical (unpaired) electrons. The van der Waals surface area contributed by atoms with E-state index < -0.39 is 0 Å². The average molecular weight is 254 g/mol. The Morgan fingerprint density at radius 1 is 1.00 bits per heavy atom. The normalized spacial score (nSPS) is 36.5. The molecular formula is C17H34O. The van der Waals surface area contributed by atoms with Gasteiger partial charge < -0.3 is 5.11 Å². The monoisotopic (exact) mass is 254 g/mol. The molecule has 5 atom stereocenters. The first-order chi connectivity index (χ1) is 7.94. The second-order valence-corrected chi connectivity index (χ2v) is 8.86. The van der Waals surface area contributed by atoms with Crippen molar-refractivity contribution in [3.05, 3.63) is 0 Å². The standard InChI is InChI=1S/C17H34O/c1-11-9-13(12(2)16(3,4)5)15(18)14(10-11)17(6,7)8/h11-15,18H,9-10H2,1-8H3. The fourth-order valence-corrected chi connectivity index (χ4v) is 3.58. The van der Waals surface area contributed by atoms with E-state index in [4.69, 9.17) is 0 Å². The Morgan fingerprint density at radius 3 is 1.89 bits per heavy atom. The molecule has 0 aliphatic heterocycles. The van der Waals surface area contributed by atoms with Gasteiger partial charge in [0.1, 0.15) is 0 Å². The van der Waals surface area contributed by atoms with Crippen LogP contribution in [0.4, 0.5) is 0 Å². The van der Waals surface area contributed by atoms with E-state index in [0.717, 1.165) is 5.92 Å². The maximum Gasteiger partial charge on any atom is 0.0604 e. The first kappa shape index (κ1) is 16.0. The van der Waals surface area contributed by atoms with Crippen molar-refractivity contribution in [3.8, 4) is 0 Å². The molecule has 108 valence electrons. The summed E-state index contributed by atoms with van der Waals surface area (Å²) in [6.45, 7) is 18.4. The molecule has 1 rings (SSSR count). The summed E-state index contributed by atoms with van der Waals surface area (Å²) in [7, 11) is 0. The van der Waals surface area contributed by atoms with Gasteiger partial charge in [-0.15, -0.1) is 0 Å². The molecule has 0 bridgehead atoms. The Kier molecular flexibility index (Phi) is 4.58. The van der Waals surface area contributed by atoms with Crippen LogP contribution in [0.3, 0.4) is 0 Å². The molecular weight excluding hydrogens is 220 g/mol. The smallest absolute Gasteiger partial charge is 0.0604 e. The van der Waals surface area contributed by atoms with Crippen molar-refractivity contribution in [1.82, 2.24) is 0 Å². The van der Waals surface area contributed by atoms with Gasteiger partial charge >= 0.3 is 0 Å². The maximum atomic E-state index is 10.8. The van der Waals surface area contributed by atoms with Gasteiger partial charge in [0.25, 0.3) is 0 Å². The summed E-state index contributed by atoms with van der Waals surface area (Å²) < 4.78 is 0. The SMILES string of the molecule is CC1CC(C(C)C(C)(C)C)C(O)C(C(C)(C)C)C1. The second kappa shape index (κ2) is 5.15. The predicted octanol–water partition coefficient (Wildman–Crippen LogP) is 4.74. The number of hydrogen-bond donors (Lipinski definition) is 1. The predicted molar refractivity (Wildman–Crippen MR) is 79.5 cm³/mol. The van der Waals surface area contributed by atoms with Crippen LogP contribution < -0.4 is 0 Å². The Balaban J connectivity index is 2.93. The molecule has 1 nitrogen and oxygen atoms in total. The molecule has 0 amide bonds. The topological polar surface area (TPSA) is 20.2 Å². The molecule has 0 heterocycles. The second-order valence-electron chi connectivity index (χ2n) is 8.86. The van der Waals surface area contributed by atoms with Crippen LogP contribution in [0.25, 0.3) is 0 Å². The minimum absolute atomic E-state index is 0.129. The molecule has 1 saturated carbocycles. The zero-order chi connectivity index (χ0) is 14.3. The highest BCUT2D eigenvalue weighted by Gasteiger charge is 2.44. The maximum absolute atomic E-state index is 10.8. The number of aliphatic hydroxyl groups is 1. The van der Waals surface area contributed by atoms with Crippen LogP contribution in [-0.4, -0.2) is 11.2 Å². The van der Waals surface area contributed by atoms with E-state index in [2.05, 4.69) is 55.4 Å². The third-order valence-electron chi connectivity index (χ3n) is 5.30. The molecule has 1 aliphatic rings. The van der Waals surface area contributed by atoms with Crippen LogP contribution in [0.5, 0.6) is 0 Å². The van der Waals surface area contributed by atoms with Crippen molar-refractivity contribution in [3.63, 3.8) is 0 Å². The molecule has 0 spiro atoms. The lowest BCUT2D eigenvalue weighted by Gasteiger charge is -2.48. The van der Waals surface area contributed by atoms with E-state index in [1.807, 2.05) is 0 Å². The van der Waals surface area contributed by atoms with E-state index in [0.29, 0.717) is 17.8 Å². The summed E-state index contributed by atoms with van der Waals surface area (Å²) in [5.41, 5.74) is 0.495. The summed E-state index contributed by atoms with van der Waals surface area (Å²) in [5.74, 6) is 2.21. The third kappa shape index (κ3) is 3.50. The molecule has 0 saturated heterocycles. The minimum Gasteiger partial charge on any atom is -0.393 e. The fraction of sp³-hybridized carbons (Fsp3) is 1.00. The van der Waals surface area contributed by atoms with E-state index in [9.17, 15) is 5.11 Å². The van der Waals surface area contributed by atoms with E-state index >= 15 is 0 Å². The van der Waals surface area contributed by atoms with Gasteiger partial charge in [0.05, 0.1) is 6.10 Å². The van der Waals surface area contributed by atoms with Gasteiger partial charge in [0, 0.05) is 0 Å². The first-order valence-electron chi connectivity index (χ1n) is 7.62. The van der Waals surface area contributed by atoms with Crippen molar-refractivity contribution in [2.75, 3.05) is 0 Å². The zero-order valence-electron chi connectivity index (χ0n) is 13.7. The van der Waals surface area contributed by atoms with Gasteiger partial charge in [-0.05, 0) is 47.3 Å². The van der Waals surface area contributed by atoms with Crippen molar-refractivity contribution < 1.29 is 5.11 Å². The summed E-state index contributed by atoms with van der Waals surface area (Å²) in [4.78, 5) is 0. The molecule has 1 fully saturated rings. The summed E-state index contributed by atoms with van der Waals surface area (Å²) in [6.07, 6.45) is 2.24. The minimum atomic E-state index is -0.129. The number of hydrogen-bond acceptors (Lipinski definition) is 1. The molecule has 1 aliphatic carbocycles. The van der Waals surface area contributed by atoms with Gasteiger partial charge in [0.2, 0.25) is 0 Å². The third-order valence-corrected chi connectivity index (χ3v) is 5.30.